The Bertz CT molecular complexity index is 1740. The lowest BCUT2D eigenvalue weighted by atomic mass is 9.86. The maximum Gasteiger partial charge on any atom is 0.332 e. The van der Waals surface area contributed by atoms with Crippen molar-refractivity contribution >= 4 is 56.8 Å². The third kappa shape index (κ3) is 6.81. The SMILES string of the molecule is C=C[C@@H]1C[C@]1(NC(=O)[C@@H]1C[C@@H](Oc2cc(-c3csc(NC(C)C)n3)nc3c(Cl)c(OC)ccc23)CN1C(=O)[C@@H](N)C(C)(C)C)C(=O)OC. The smallest absolute Gasteiger partial charge is 0.332 e. The maximum atomic E-state index is 13.9. The van der Waals surface area contributed by atoms with Gasteiger partial charge in [0, 0.05) is 35.2 Å². The van der Waals surface area contributed by atoms with Crippen LogP contribution in [0.2, 0.25) is 5.02 Å². The van der Waals surface area contributed by atoms with E-state index >= 15 is 0 Å². The summed E-state index contributed by atoms with van der Waals surface area (Å²) in [6.07, 6.45) is 1.51. The number of nitrogens with two attached hydrogens (primary N) is 1. The Morgan fingerprint density at radius 2 is 1.92 bits per heavy atom. The fourth-order valence-corrected chi connectivity index (χ4v) is 7.03. The van der Waals surface area contributed by atoms with Gasteiger partial charge in [-0.25, -0.2) is 14.8 Å². The van der Waals surface area contributed by atoms with Gasteiger partial charge >= 0.3 is 5.97 Å². The van der Waals surface area contributed by atoms with Crippen molar-refractivity contribution < 1.29 is 28.6 Å². The molecule has 48 heavy (non-hydrogen) atoms. The van der Waals surface area contributed by atoms with Crippen LogP contribution in [0, 0.1) is 11.3 Å². The average Bonchev–Trinajstić information content (AvgIpc) is 3.32. The van der Waals surface area contributed by atoms with Crippen molar-refractivity contribution in [2.45, 2.75) is 77.2 Å². The molecule has 5 atom stereocenters. The van der Waals surface area contributed by atoms with Crippen LogP contribution in [0.3, 0.4) is 0 Å². The van der Waals surface area contributed by atoms with Crippen LogP contribution >= 0.6 is 22.9 Å². The topological polar surface area (TPSA) is 158 Å². The number of nitrogens with one attached hydrogen (secondary N) is 2. The van der Waals surface area contributed by atoms with Gasteiger partial charge in [0.25, 0.3) is 0 Å². The summed E-state index contributed by atoms with van der Waals surface area (Å²) in [6.45, 7) is 13.5. The van der Waals surface area contributed by atoms with Crippen molar-refractivity contribution in [2.24, 2.45) is 17.1 Å². The molecule has 0 spiro atoms. The average molecular weight is 699 g/mol. The monoisotopic (exact) mass is 698 g/mol. The Kier molecular flexibility index (Phi) is 9.96. The quantitative estimate of drug-likeness (QED) is 0.188. The van der Waals surface area contributed by atoms with Crippen LogP contribution in [-0.4, -0.2) is 83.2 Å². The molecule has 2 fully saturated rings. The number of carbonyl (C=O) groups excluding carboxylic acids is 3. The third-order valence-corrected chi connectivity index (χ3v) is 9.92. The van der Waals surface area contributed by atoms with Crippen LogP contribution in [0.5, 0.6) is 11.5 Å². The zero-order valence-corrected chi connectivity index (χ0v) is 29.8. The molecule has 258 valence electrons. The number of fused-ring (bicyclic) bond motifs is 1. The second-order valence-electron chi connectivity index (χ2n) is 13.6. The Hall–Kier alpha value is -3.94. The number of hydrogen-bond acceptors (Lipinski definition) is 11. The van der Waals surface area contributed by atoms with Crippen LogP contribution in [0.1, 0.15) is 47.5 Å². The third-order valence-electron chi connectivity index (χ3n) is 8.78. The number of halogens is 1. The van der Waals surface area contributed by atoms with Crippen LogP contribution in [-0.2, 0) is 19.1 Å². The first-order chi connectivity index (χ1) is 22.6. The van der Waals surface area contributed by atoms with E-state index in [4.69, 9.17) is 41.5 Å². The molecule has 1 saturated heterocycles. The van der Waals surface area contributed by atoms with Gasteiger partial charge in [-0.05, 0) is 37.8 Å². The number of aromatic nitrogens is 2. The minimum absolute atomic E-state index is 0.0823. The van der Waals surface area contributed by atoms with Gasteiger partial charge in [-0.1, -0.05) is 38.4 Å². The summed E-state index contributed by atoms with van der Waals surface area (Å²) in [5, 5.41) is 9.75. The highest BCUT2D eigenvalue weighted by atomic mass is 35.5. The molecular formula is C34H43ClN6O6S. The lowest BCUT2D eigenvalue weighted by Crippen LogP contribution is -2.57. The first-order valence-electron chi connectivity index (χ1n) is 15.8. The second kappa shape index (κ2) is 13.5. The summed E-state index contributed by atoms with van der Waals surface area (Å²) in [7, 11) is 2.80. The highest BCUT2D eigenvalue weighted by Gasteiger charge is 2.62. The molecule has 2 aromatic heterocycles. The number of rotatable bonds is 11. The van der Waals surface area contributed by atoms with E-state index in [1.165, 1.54) is 30.5 Å². The Morgan fingerprint density at radius 1 is 1.19 bits per heavy atom. The molecule has 1 aliphatic carbocycles. The van der Waals surface area contributed by atoms with E-state index in [2.05, 4.69) is 17.2 Å². The molecule has 3 aromatic rings. The van der Waals surface area contributed by atoms with Gasteiger partial charge in [-0.2, -0.15) is 0 Å². The lowest BCUT2D eigenvalue weighted by Gasteiger charge is -2.33. The summed E-state index contributed by atoms with van der Waals surface area (Å²) in [6, 6.07) is 3.67. The molecule has 5 rings (SSSR count). The summed E-state index contributed by atoms with van der Waals surface area (Å²) in [5.74, 6) is -0.836. The highest BCUT2D eigenvalue weighted by Crippen LogP contribution is 2.46. The van der Waals surface area contributed by atoms with E-state index in [0.29, 0.717) is 45.2 Å². The van der Waals surface area contributed by atoms with Crippen molar-refractivity contribution in [2.75, 3.05) is 26.1 Å². The number of benzene rings is 1. The van der Waals surface area contributed by atoms with Crippen LogP contribution in [0.4, 0.5) is 5.13 Å². The zero-order chi connectivity index (χ0) is 35.1. The van der Waals surface area contributed by atoms with E-state index in [9.17, 15) is 14.4 Å². The molecule has 1 saturated carbocycles. The van der Waals surface area contributed by atoms with Gasteiger partial charge in [0.15, 0.2) is 5.13 Å². The largest absolute Gasteiger partial charge is 0.495 e. The Morgan fingerprint density at radius 3 is 2.52 bits per heavy atom. The molecule has 1 aliphatic heterocycles. The van der Waals surface area contributed by atoms with Crippen molar-refractivity contribution in [3.8, 4) is 22.9 Å². The fraction of sp³-hybridized carbons (Fsp3) is 0.500. The maximum absolute atomic E-state index is 13.9. The minimum atomic E-state index is -1.23. The number of esters is 1. The van der Waals surface area contributed by atoms with E-state index < -0.39 is 46.9 Å². The molecule has 0 radical (unpaired) electrons. The van der Waals surface area contributed by atoms with E-state index in [0.717, 1.165) is 5.13 Å². The van der Waals surface area contributed by atoms with Crippen molar-refractivity contribution in [3.05, 3.63) is 41.3 Å². The number of ether oxygens (including phenoxy) is 3. The number of amides is 2. The molecule has 0 unspecified atom stereocenters. The van der Waals surface area contributed by atoms with Gasteiger partial charge in [-0.3, -0.25) is 9.59 Å². The molecule has 1 aromatic carbocycles. The highest BCUT2D eigenvalue weighted by molar-refractivity contribution is 7.14. The predicted octanol–water partition coefficient (Wildman–Crippen LogP) is 4.80. The Labute approximate surface area is 289 Å². The molecular weight excluding hydrogens is 656 g/mol. The van der Waals surface area contributed by atoms with Crippen LogP contribution < -0.4 is 25.8 Å². The second-order valence-corrected chi connectivity index (χ2v) is 14.9. The number of thiazole rings is 1. The zero-order valence-electron chi connectivity index (χ0n) is 28.3. The van der Waals surface area contributed by atoms with Gasteiger partial charge < -0.3 is 35.5 Å². The molecule has 3 heterocycles. The molecule has 2 amide bonds. The predicted molar refractivity (Wildman–Crippen MR) is 186 cm³/mol. The number of nitrogens with zero attached hydrogens (tertiary/aromatic N) is 3. The van der Waals surface area contributed by atoms with Crippen molar-refractivity contribution in [1.29, 1.82) is 0 Å². The first kappa shape index (κ1) is 35.4. The van der Waals surface area contributed by atoms with Gasteiger partial charge in [0.05, 0.1) is 38.0 Å². The minimum Gasteiger partial charge on any atom is -0.495 e. The van der Waals surface area contributed by atoms with E-state index in [1.807, 2.05) is 40.0 Å². The van der Waals surface area contributed by atoms with Crippen molar-refractivity contribution in [3.63, 3.8) is 0 Å². The first-order valence-corrected chi connectivity index (χ1v) is 17.0. The summed E-state index contributed by atoms with van der Waals surface area (Å²) in [5.41, 5.74) is 6.23. The molecule has 14 heteroatoms. The van der Waals surface area contributed by atoms with E-state index in [-0.39, 0.29) is 24.9 Å². The number of methoxy groups -OCH3 is 2. The van der Waals surface area contributed by atoms with E-state index in [1.54, 1.807) is 24.3 Å². The van der Waals surface area contributed by atoms with Gasteiger partial charge in [0.1, 0.15) is 39.9 Å². The summed E-state index contributed by atoms with van der Waals surface area (Å²) in [4.78, 5) is 51.5. The molecule has 0 bridgehead atoms. The standard InChI is InChI=1S/C34H43ClN6O6S/c1-9-18-14-34(18,31(44)46-8)40-29(42)23-12-19(15-41(23)30(43)28(36)33(4,5)6)47-25-13-21(22-16-48-32(39-22)37-17(2)3)38-27-20(25)10-11-24(45-7)26(27)35/h9-11,13,16-19,23,28H,1,12,14-15,36H2,2-8H3,(H,37,39)(H,40,42)/t18-,19-,23+,28-,34-/m1/s1. The van der Waals surface area contributed by atoms with Crippen LogP contribution in [0.15, 0.2) is 36.2 Å². The lowest BCUT2D eigenvalue weighted by molar-refractivity contribution is -0.148. The number of likely N-dealkylation sites (tertiary alicyclic amines) is 1. The number of anilines is 1. The summed E-state index contributed by atoms with van der Waals surface area (Å²) >= 11 is 8.22. The number of pyridine rings is 1. The molecule has 2 aliphatic rings. The molecule has 4 N–H and O–H groups in total. The fourth-order valence-electron chi connectivity index (χ4n) is 5.89. The molecule has 12 nitrogen and oxygen atoms in total. The van der Waals surface area contributed by atoms with Crippen molar-refractivity contribution in [1.82, 2.24) is 20.2 Å². The number of carbonyl (C=O) groups is 3. The Balaban J connectivity index is 1.51. The number of hydrogen-bond donors (Lipinski definition) is 3. The normalized spacial score (nSPS) is 22.7. The van der Waals surface area contributed by atoms with Gasteiger partial charge in [-0.15, -0.1) is 17.9 Å². The van der Waals surface area contributed by atoms with Gasteiger partial charge in [0.2, 0.25) is 11.8 Å². The summed E-state index contributed by atoms with van der Waals surface area (Å²) < 4.78 is 17.1. The van der Waals surface area contributed by atoms with Crippen LogP contribution in [0.25, 0.3) is 22.3 Å².